The molecule has 0 radical (unpaired) electrons. The third-order valence-corrected chi connectivity index (χ3v) is 8.57. The van der Waals surface area contributed by atoms with E-state index in [4.69, 9.17) is 21.1 Å². The molecule has 4 rings (SSSR count). The van der Waals surface area contributed by atoms with Crippen molar-refractivity contribution < 1.29 is 14.3 Å². The van der Waals surface area contributed by atoms with E-state index in [0.29, 0.717) is 16.0 Å². The summed E-state index contributed by atoms with van der Waals surface area (Å²) in [6.45, 7) is 13.6. The van der Waals surface area contributed by atoms with Gasteiger partial charge in [0.2, 0.25) is 0 Å². The Hall–Kier alpha value is -3.19. The van der Waals surface area contributed by atoms with E-state index in [1.807, 2.05) is 49.4 Å². The second kappa shape index (κ2) is 22.3. The van der Waals surface area contributed by atoms with Crippen molar-refractivity contribution in [1.82, 2.24) is 10.2 Å². The maximum Gasteiger partial charge on any atom is 0.251 e. The second-order valence-corrected chi connectivity index (χ2v) is 11.9. The van der Waals surface area contributed by atoms with Crippen LogP contribution >= 0.6 is 11.6 Å². The quantitative estimate of drug-likeness (QED) is 0.218. The Morgan fingerprint density at radius 1 is 1.04 bits per heavy atom. The summed E-state index contributed by atoms with van der Waals surface area (Å²) in [6.07, 6.45) is 7.87. The molecule has 1 amide bonds. The van der Waals surface area contributed by atoms with Crippen molar-refractivity contribution in [2.75, 3.05) is 33.8 Å². The summed E-state index contributed by atoms with van der Waals surface area (Å²) < 4.78 is 5.01. The van der Waals surface area contributed by atoms with E-state index in [9.17, 15) is 4.79 Å². The second-order valence-electron chi connectivity index (χ2n) is 11.5. The van der Waals surface area contributed by atoms with Gasteiger partial charge < -0.3 is 25.5 Å². The molecule has 0 saturated carbocycles. The predicted octanol–water partition coefficient (Wildman–Crippen LogP) is 8.45. The SMILES string of the molecule is CC=O.CCCC1(C)CCN(CCC(NC(=O)c2ccc(C)c(Cl)c2)c2ccccc2)CC1.CCc1ccc(OC)cc1.CN. The van der Waals surface area contributed by atoms with Crippen molar-refractivity contribution >= 4 is 23.8 Å². The van der Waals surface area contributed by atoms with Crippen molar-refractivity contribution in [1.29, 1.82) is 0 Å². The number of aryl methyl sites for hydroxylation is 2. The Bertz CT molecular complexity index is 1200. The number of piperidine rings is 1. The lowest BCUT2D eigenvalue weighted by molar-refractivity contribution is -0.106. The van der Waals surface area contributed by atoms with E-state index < -0.39 is 0 Å². The van der Waals surface area contributed by atoms with Crippen LogP contribution in [0.1, 0.15) is 92.9 Å². The first kappa shape index (κ1) is 39.8. The van der Waals surface area contributed by atoms with Crippen LogP contribution < -0.4 is 15.8 Å². The van der Waals surface area contributed by atoms with E-state index in [2.05, 4.69) is 61.0 Å². The molecule has 1 saturated heterocycles. The zero-order chi connectivity index (χ0) is 33.7. The van der Waals surface area contributed by atoms with Crippen LogP contribution in [0.3, 0.4) is 0 Å². The number of benzene rings is 3. The normalized spacial score (nSPS) is 14.2. The van der Waals surface area contributed by atoms with Gasteiger partial charge in [0.25, 0.3) is 5.91 Å². The van der Waals surface area contributed by atoms with Crippen LogP contribution in [0.5, 0.6) is 5.75 Å². The van der Waals surface area contributed by atoms with Crippen molar-refractivity contribution in [3.8, 4) is 5.75 Å². The minimum absolute atomic E-state index is 0.0114. The highest BCUT2D eigenvalue weighted by Crippen LogP contribution is 2.35. The summed E-state index contributed by atoms with van der Waals surface area (Å²) in [4.78, 5) is 24.3. The average Bonchev–Trinajstić information content (AvgIpc) is 3.07. The number of carbonyl (C=O) groups is 2. The van der Waals surface area contributed by atoms with Crippen molar-refractivity contribution in [2.24, 2.45) is 11.1 Å². The number of hydrogen-bond acceptors (Lipinski definition) is 5. The molecule has 1 fully saturated rings. The maximum absolute atomic E-state index is 12.9. The highest BCUT2D eigenvalue weighted by molar-refractivity contribution is 6.31. The summed E-state index contributed by atoms with van der Waals surface area (Å²) in [5.41, 5.74) is 9.09. The number of likely N-dealkylation sites (tertiary alicyclic amines) is 1. The minimum atomic E-state index is -0.0695. The Morgan fingerprint density at radius 2 is 1.64 bits per heavy atom. The van der Waals surface area contributed by atoms with Crippen molar-refractivity contribution in [3.63, 3.8) is 0 Å². The van der Waals surface area contributed by atoms with Gasteiger partial charge in [0.1, 0.15) is 12.0 Å². The molecule has 6 nitrogen and oxygen atoms in total. The minimum Gasteiger partial charge on any atom is -0.497 e. The van der Waals surface area contributed by atoms with Crippen LogP contribution in [0.25, 0.3) is 0 Å². The molecule has 1 heterocycles. The van der Waals surface area contributed by atoms with Gasteiger partial charge in [-0.05, 0) is 112 Å². The smallest absolute Gasteiger partial charge is 0.251 e. The number of nitrogens with zero attached hydrogens (tertiary/aromatic N) is 1. The number of hydrogen-bond donors (Lipinski definition) is 2. The molecule has 248 valence electrons. The average molecular weight is 638 g/mol. The molecule has 1 unspecified atom stereocenters. The summed E-state index contributed by atoms with van der Waals surface area (Å²) >= 11 is 6.23. The van der Waals surface area contributed by atoms with Crippen LogP contribution in [-0.2, 0) is 11.2 Å². The molecule has 0 spiro atoms. The number of halogens is 1. The van der Waals surface area contributed by atoms with Gasteiger partial charge in [-0.3, -0.25) is 4.79 Å². The standard InChI is InChI=1S/C26H35ClN2O.C9H12O.C2H4O.CH5N/c1-4-13-26(3)14-17-29(18-15-26)16-12-24(21-8-6-5-7-9-21)28-25(30)22-11-10-20(2)23(27)19-22;1-3-8-4-6-9(10-2)7-5-8;1-2-3;1-2/h5-11,19,24H,4,12-18H2,1-3H3,(H,28,30);4-7H,3H2,1-2H3;2H,1H3;2H2,1H3. The molecule has 3 aromatic carbocycles. The van der Waals surface area contributed by atoms with Gasteiger partial charge in [0, 0.05) is 17.1 Å². The zero-order valence-corrected chi connectivity index (χ0v) is 29.3. The lowest BCUT2D eigenvalue weighted by atomic mass is 9.77. The van der Waals surface area contributed by atoms with Gasteiger partial charge in [0.05, 0.1) is 13.2 Å². The molecule has 3 aromatic rings. The molecule has 1 aliphatic heterocycles. The highest BCUT2D eigenvalue weighted by Gasteiger charge is 2.29. The number of aldehydes is 1. The van der Waals surface area contributed by atoms with E-state index in [0.717, 1.165) is 55.6 Å². The molecule has 7 heteroatoms. The zero-order valence-electron chi connectivity index (χ0n) is 28.6. The molecule has 0 aromatic heterocycles. The number of nitrogens with two attached hydrogens (primary N) is 1. The van der Waals surface area contributed by atoms with Crippen LogP contribution in [0.15, 0.2) is 72.8 Å². The number of ether oxygens (including phenoxy) is 1. The molecular weight excluding hydrogens is 582 g/mol. The largest absolute Gasteiger partial charge is 0.497 e. The van der Waals surface area contributed by atoms with Gasteiger partial charge in [-0.2, -0.15) is 0 Å². The summed E-state index contributed by atoms with van der Waals surface area (Å²) in [5, 5.41) is 3.88. The Labute approximate surface area is 277 Å². The van der Waals surface area contributed by atoms with Crippen molar-refractivity contribution in [2.45, 2.75) is 79.2 Å². The molecule has 3 N–H and O–H groups in total. The molecule has 1 aliphatic rings. The fourth-order valence-electron chi connectivity index (χ4n) is 5.33. The fourth-order valence-corrected chi connectivity index (χ4v) is 5.51. The lowest BCUT2D eigenvalue weighted by Gasteiger charge is -2.40. The summed E-state index contributed by atoms with van der Waals surface area (Å²) in [7, 11) is 3.18. The molecule has 1 atom stereocenters. The molecule has 0 aliphatic carbocycles. The molecular formula is C38H56ClN3O3. The molecule has 0 bridgehead atoms. The van der Waals surface area contributed by atoms with E-state index in [1.165, 1.54) is 45.2 Å². The highest BCUT2D eigenvalue weighted by atomic mass is 35.5. The topological polar surface area (TPSA) is 84.7 Å². The maximum atomic E-state index is 12.9. The van der Waals surface area contributed by atoms with Gasteiger partial charge >= 0.3 is 0 Å². The number of methoxy groups -OCH3 is 1. The molecule has 45 heavy (non-hydrogen) atoms. The summed E-state index contributed by atoms with van der Waals surface area (Å²) in [5.74, 6) is 0.858. The fraction of sp³-hybridized carbons (Fsp3) is 0.474. The van der Waals surface area contributed by atoms with Crippen LogP contribution in [0, 0.1) is 12.3 Å². The first-order valence-electron chi connectivity index (χ1n) is 16.1. The van der Waals surface area contributed by atoms with Gasteiger partial charge in [-0.25, -0.2) is 0 Å². The first-order valence-corrected chi connectivity index (χ1v) is 16.5. The number of amides is 1. The number of rotatable bonds is 10. The van der Waals surface area contributed by atoms with Gasteiger partial charge in [-0.15, -0.1) is 0 Å². The van der Waals surface area contributed by atoms with Crippen molar-refractivity contribution in [3.05, 3.63) is 100 Å². The monoisotopic (exact) mass is 637 g/mol. The summed E-state index contributed by atoms with van der Waals surface area (Å²) in [6, 6.07) is 23.9. The van der Waals surface area contributed by atoms with Crippen LogP contribution in [0.2, 0.25) is 5.02 Å². The van der Waals surface area contributed by atoms with E-state index in [-0.39, 0.29) is 11.9 Å². The van der Waals surface area contributed by atoms with Crippen LogP contribution in [0.4, 0.5) is 0 Å². The number of nitrogens with one attached hydrogen (secondary N) is 1. The Morgan fingerprint density at radius 3 is 2.16 bits per heavy atom. The third kappa shape index (κ3) is 14.6. The number of carbonyl (C=O) groups excluding carboxylic acids is 2. The third-order valence-electron chi connectivity index (χ3n) is 8.16. The lowest BCUT2D eigenvalue weighted by Crippen LogP contribution is -2.40. The van der Waals surface area contributed by atoms with Crippen LogP contribution in [-0.4, -0.2) is 50.9 Å². The predicted molar refractivity (Wildman–Crippen MR) is 190 cm³/mol. The van der Waals surface area contributed by atoms with E-state index in [1.54, 1.807) is 13.2 Å². The Kier molecular flexibility index (Phi) is 19.8. The van der Waals surface area contributed by atoms with E-state index >= 15 is 0 Å². The Balaban J connectivity index is 0.000000560. The first-order chi connectivity index (χ1) is 21.7. The van der Waals surface area contributed by atoms with Gasteiger partial charge in [-0.1, -0.05) is 87.3 Å². The van der Waals surface area contributed by atoms with Gasteiger partial charge in [0.15, 0.2) is 0 Å².